The highest BCUT2D eigenvalue weighted by molar-refractivity contribution is 5.64. The first-order chi connectivity index (χ1) is 4.16. The minimum absolute atomic E-state index is 0.0784. The maximum Gasteiger partial charge on any atom is 0.116 e. The fourth-order valence-electron chi connectivity index (χ4n) is 0.464. The number of quaternary nitrogens is 1. The molecule has 54 valence electrons. The first-order valence-electron chi connectivity index (χ1n) is 3.20. The SMILES string of the molecule is CC[C@@H](C)[NH2+]CC(=O)[O-]. The molecule has 0 aromatic heterocycles. The molecule has 3 nitrogen and oxygen atoms in total. The van der Waals surface area contributed by atoms with Crippen molar-refractivity contribution in [3.05, 3.63) is 0 Å². The first-order valence-corrected chi connectivity index (χ1v) is 3.20. The van der Waals surface area contributed by atoms with Gasteiger partial charge >= 0.3 is 0 Å². The Kier molecular flexibility index (Phi) is 4.05. The van der Waals surface area contributed by atoms with Crippen LogP contribution < -0.4 is 10.4 Å². The largest absolute Gasteiger partial charge is 0.544 e. The van der Waals surface area contributed by atoms with Gasteiger partial charge in [0.15, 0.2) is 0 Å². The summed E-state index contributed by atoms with van der Waals surface area (Å²) in [5, 5.41) is 11.6. The summed E-state index contributed by atoms with van der Waals surface area (Å²) in [6.45, 7) is 4.09. The number of carboxylic acid groups (broad SMARTS) is 1. The number of aliphatic carboxylic acids is 1. The highest BCUT2D eigenvalue weighted by atomic mass is 16.4. The Bertz CT molecular complexity index is 93.1. The zero-order chi connectivity index (χ0) is 7.28. The summed E-state index contributed by atoms with van der Waals surface area (Å²) in [6, 6.07) is 0.392. The molecular weight excluding hydrogens is 118 g/mol. The number of carbonyl (C=O) groups is 1. The van der Waals surface area contributed by atoms with Crippen LogP contribution in [-0.4, -0.2) is 18.6 Å². The lowest BCUT2D eigenvalue weighted by molar-refractivity contribution is -0.681. The molecule has 1 atom stereocenters. The van der Waals surface area contributed by atoms with Gasteiger partial charge < -0.3 is 15.2 Å². The fraction of sp³-hybridized carbons (Fsp3) is 0.833. The van der Waals surface area contributed by atoms with Crippen LogP contribution in [0.15, 0.2) is 0 Å². The van der Waals surface area contributed by atoms with E-state index in [1.165, 1.54) is 0 Å². The van der Waals surface area contributed by atoms with Crippen LogP contribution in [0.4, 0.5) is 0 Å². The van der Waals surface area contributed by atoms with Crippen LogP contribution in [0.5, 0.6) is 0 Å². The summed E-state index contributed by atoms with van der Waals surface area (Å²) in [7, 11) is 0. The third-order valence-electron chi connectivity index (χ3n) is 1.33. The molecule has 0 bridgehead atoms. The zero-order valence-corrected chi connectivity index (χ0v) is 5.89. The van der Waals surface area contributed by atoms with Crippen molar-refractivity contribution in [2.24, 2.45) is 0 Å². The van der Waals surface area contributed by atoms with Crippen molar-refractivity contribution in [1.29, 1.82) is 0 Å². The van der Waals surface area contributed by atoms with Gasteiger partial charge in [-0.25, -0.2) is 0 Å². The van der Waals surface area contributed by atoms with Crippen LogP contribution in [-0.2, 0) is 4.79 Å². The van der Waals surface area contributed by atoms with E-state index in [0.717, 1.165) is 6.42 Å². The Morgan fingerprint density at radius 3 is 2.67 bits per heavy atom. The van der Waals surface area contributed by atoms with Crippen LogP contribution in [0.3, 0.4) is 0 Å². The van der Waals surface area contributed by atoms with Gasteiger partial charge in [0.2, 0.25) is 0 Å². The summed E-state index contributed by atoms with van der Waals surface area (Å²) < 4.78 is 0. The van der Waals surface area contributed by atoms with Gasteiger partial charge in [0, 0.05) is 0 Å². The maximum absolute atomic E-state index is 9.88. The summed E-state index contributed by atoms with van der Waals surface area (Å²) in [4.78, 5) is 9.88. The number of carboxylic acids is 1. The van der Waals surface area contributed by atoms with Crippen molar-refractivity contribution >= 4 is 5.97 Å². The van der Waals surface area contributed by atoms with E-state index >= 15 is 0 Å². The second-order valence-electron chi connectivity index (χ2n) is 2.20. The number of rotatable bonds is 4. The first kappa shape index (κ1) is 8.43. The van der Waals surface area contributed by atoms with Gasteiger partial charge in [0.1, 0.15) is 6.54 Å². The van der Waals surface area contributed by atoms with Gasteiger partial charge in [-0.05, 0) is 13.3 Å². The van der Waals surface area contributed by atoms with Gasteiger partial charge in [0.05, 0.1) is 12.0 Å². The van der Waals surface area contributed by atoms with E-state index in [1.807, 2.05) is 13.8 Å². The smallest absolute Gasteiger partial charge is 0.116 e. The van der Waals surface area contributed by atoms with E-state index in [1.54, 1.807) is 5.32 Å². The molecule has 0 rings (SSSR count). The van der Waals surface area contributed by atoms with Crippen LogP contribution in [0, 0.1) is 0 Å². The average Bonchev–Trinajstić information content (AvgIpc) is 1.83. The van der Waals surface area contributed by atoms with Crippen molar-refractivity contribution in [2.45, 2.75) is 26.3 Å². The molecule has 3 heteroatoms. The predicted molar refractivity (Wildman–Crippen MR) is 31.6 cm³/mol. The van der Waals surface area contributed by atoms with Gasteiger partial charge in [-0.2, -0.15) is 0 Å². The van der Waals surface area contributed by atoms with Crippen molar-refractivity contribution in [1.82, 2.24) is 0 Å². The van der Waals surface area contributed by atoms with E-state index in [0.29, 0.717) is 6.04 Å². The van der Waals surface area contributed by atoms with E-state index in [-0.39, 0.29) is 6.54 Å². The Morgan fingerprint density at radius 1 is 1.78 bits per heavy atom. The molecule has 0 spiro atoms. The molecule has 0 heterocycles. The standard InChI is InChI=1S/C6H13NO2/c1-3-5(2)7-4-6(8)9/h5,7H,3-4H2,1-2H3,(H,8,9)/t5-/m1/s1. The molecule has 0 amide bonds. The Balaban J connectivity index is 3.16. The summed E-state index contributed by atoms with van der Waals surface area (Å²) in [5.41, 5.74) is 0. The van der Waals surface area contributed by atoms with Crippen molar-refractivity contribution < 1.29 is 15.2 Å². The minimum Gasteiger partial charge on any atom is -0.544 e. The van der Waals surface area contributed by atoms with E-state index in [2.05, 4.69) is 0 Å². The number of nitrogens with two attached hydrogens (primary N) is 1. The maximum atomic E-state index is 9.88. The molecule has 0 aliphatic heterocycles. The molecule has 0 aliphatic carbocycles. The van der Waals surface area contributed by atoms with E-state index in [4.69, 9.17) is 0 Å². The van der Waals surface area contributed by atoms with Gasteiger partial charge in [-0.3, -0.25) is 0 Å². The lowest BCUT2D eigenvalue weighted by atomic mass is 10.3. The third-order valence-corrected chi connectivity index (χ3v) is 1.33. The molecular formula is C6H13NO2. The Labute approximate surface area is 55.1 Å². The van der Waals surface area contributed by atoms with Gasteiger partial charge in [0.25, 0.3) is 0 Å². The summed E-state index contributed by atoms with van der Waals surface area (Å²) >= 11 is 0. The molecule has 2 N–H and O–H groups in total. The normalized spacial score (nSPS) is 13.1. The zero-order valence-electron chi connectivity index (χ0n) is 5.89. The second-order valence-corrected chi connectivity index (χ2v) is 2.20. The Hall–Kier alpha value is -0.570. The average molecular weight is 131 g/mol. The van der Waals surface area contributed by atoms with Crippen LogP contribution >= 0.6 is 0 Å². The molecule has 0 aliphatic rings. The van der Waals surface area contributed by atoms with Crippen molar-refractivity contribution in [2.75, 3.05) is 6.54 Å². The molecule has 0 unspecified atom stereocenters. The van der Waals surface area contributed by atoms with Gasteiger partial charge in [-0.1, -0.05) is 6.92 Å². The quantitative estimate of drug-likeness (QED) is 0.484. The van der Waals surface area contributed by atoms with Crippen LogP contribution in [0.2, 0.25) is 0 Å². The summed E-state index contributed by atoms with van der Waals surface area (Å²) in [5.74, 6) is -0.990. The van der Waals surface area contributed by atoms with E-state index in [9.17, 15) is 9.90 Å². The van der Waals surface area contributed by atoms with Crippen LogP contribution in [0.25, 0.3) is 0 Å². The lowest BCUT2D eigenvalue weighted by Gasteiger charge is -2.07. The molecule has 9 heavy (non-hydrogen) atoms. The van der Waals surface area contributed by atoms with Gasteiger partial charge in [-0.15, -0.1) is 0 Å². The second kappa shape index (κ2) is 4.32. The molecule has 0 saturated heterocycles. The molecule has 0 fully saturated rings. The highest BCUT2D eigenvalue weighted by Gasteiger charge is 1.98. The van der Waals surface area contributed by atoms with Crippen molar-refractivity contribution in [3.63, 3.8) is 0 Å². The van der Waals surface area contributed by atoms with Crippen LogP contribution in [0.1, 0.15) is 20.3 Å². The minimum atomic E-state index is -0.990. The topological polar surface area (TPSA) is 56.7 Å². The Morgan fingerprint density at radius 2 is 2.33 bits per heavy atom. The molecule has 0 saturated carbocycles. The number of hydrogen-bond acceptors (Lipinski definition) is 2. The number of hydrogen-bond donors (Lipinski definition) is 1. The fourth-order valence-corrected chi connectivity index (χ4v) is 0.464. The third kappa shape index (κ3) is 5.30. The molecule has 0 radical (unpaired) electrons. The monoisotopic (exact) mass is 131 g/mol. The molecule has 0 aromatic carbocycles. The molecule has 0 aromatic rings. The summed E-state index contributed by atoms with van der Waals surface area (Å²) in [6.07, 6.45) is 0.993. The predicted octanol–water partition coefficient (Wildman–Crippen LogP) is -1.90. The lowest BCUT2D eigenvalue weighted by Crippen LogP contribution is -2.91. The van der Waals surface area contributed by atoms with Crippen molar-refractivity contribution in [3.8, 4) is 0 Å². The number of carbonyl (C=O) groups excluding carboxylic acids is 1. The highest BCUT2D eigenvalue weighted by Crippen LogP contribution is 1.76. The van der Waals surface area contributed by atoms with E-state index < -0.39 is 5.97 Å².